The summed E-state index contributed by atoms with van der Waals surface area (Å²) in [6.45, 7) is -0.0204. The molecule has 0 saturated heterocycles. The van der Waals surface area contributed by atoms with Gasteiger partial charge < -0.3 is 10.4 Å². The summed E-state index contributed by atoms with van der Waals surface area (Å²) in [4.78, 5) is 0.583. The molecule has 1 unspecified atom stereocenters. The summed E-state index contributed by atoms with van der Waals surface area (Å²) in [5.74, 6) is 0.574. The minimum atomic E-state index is -4.30. The normalized spacial score (nSPS) is 20.1. The first-order chi connectivity index (χ1) is 7.50. The van der Waals surface area contributed by atoms with Crippen molar-refractivity contribution in [2.45, 2.75) is 17.1 Å². The first-order valence-electron chi connectivity index (χ1n) is 4.72. The number of alkyl halides is 3. The Morgan fingerprint density at radius 1 is 1.44 bits per heavy atom. The van der Waals surface area contributed by atoms with Crippen molar-refractivity contribution in [1.82, 2.24) is 0 Å². The van der Waals surface area contributed by atoms with Crippen LogP contribution in [0.15, 0.2) is 23.1 Å². The van der Waals surface area contributed by atoms with Crippen LogP contribution in [0, 0.1) is 0 Å². The van der Waals surface area contributed by atoms with Gasteiger partial charge in [0.25, 0.3) is 0 Å². The number of aliphatic hydroxyl groups is 1. The van der Waals surface area contributed by atoms with E-state index in [-0.39, 0.29) is 12.6 Å². The molecule has 2 N–H and O–H groups in total. The minimum Gasteiger partial charge on any atom is -0.394 e. The Morgan fingerprint density at radius 3 is 2.81 bits per heavy atom. The lowest BCUT2D eigenvalue weighted by Crippen LogP contribution is -2.29. The van der Waals surface area contributed by atoms with Crippen LogP contribution in [0.5, 0.6) is 0 Å². The number of thioether (sulfide) groups is 1. The zero-order valence-electron chi connectivity index (χ0n) is 8.21. The maximum absolute atomic E-state index is 12.4. The highest BCUT2D eigenvalue weighted by molar-refractivity contribution is 7.99. The highest BCUT2D eigenvalue weighted by atomic mass is 32.2. The summed E-state index contributed by atoms with van der Waals surface area (Å²) in [5.41, 5.74) is 0.0197. The smallest absolute Gasteiger partial charge is 0.394 e. The Kier molecular flexibility index (Phi) is 3.03. The number of aliphatic hydroxyl groups excluding tert-OH is 1. The number of benzene rings is 1. The quantitative estimate of drug-likeness (QED) is 0.802. The molecule has 2 nitrogen and oxygen atoms in total. The first-order valence-corrected chi connectivity index (χ1v) is 5.70. The van der Waals surface area contributed by atoms with E-state index in [9.17, 15) is 13.2 Å². The van der Waals surface area contributed by atoms with E-state index in [1.807, 2.05) is 0 Å². The molecule has 0 aromatic heterocycles. The van der Waals surface area contributed by atoms with Gasteiger partial charge in [-0.1, -0.05) is 0 Å². The molecule has 1 atom stereocenters. The van der Waals surface area contributed by atoms with Crippen molar-refractivity contribution in [3.05, 3.63) is 23.8 Å². The summed E-state index contributed by atoms with van der Waals surface area (Å²) in [6.07, 6.45) is -4.30. The van der Waals surface area contributed by atoms with E-state index in [2.05, 4.69) is 5.32 Å². The summed E-state index contributed by atoms with van der Waals surface area (Å²) < 4.78 is 37.3. The van der Waals surface area contributed by atoms with E-state index in [0.717, 1.165) is 12.1 Å². The Balaban J connectivity index is 2.28. The summed E-state index contributed by atoms with van der Waals surface area (Å²) in [7, 11) is 0. The maximum Gasteiger partial charge on any atom is 0.416 e. The summed E-state index contributed by atoms with van der Waals surface area (Å²) >= 11 is 1.33. The number of anilines is 1. The third-order valence-electron chi connectivity index (χ3n) is 2.33. The molecule has 0 saturated carbocycles. The van der Waals surface area contributed by atoms with Crippen LogP contribution in [0.25, 0.3) is 0 Å². The van der Waals surface area contributed by atoms with Crippen LogP contribution in [0.3, 0.4) is 0 Å². The molecule has 6 heteroatoms. The average Bonchev–Trinajstić information content (AvgIpc) is 2.26. The van der Waals surface area contributed by atoms with Crippen molar-refractivity contribution >= 4 is 17.4 Å². The Hall–Kier alpha value is -0.880. The van der Waals surface area contributed by atoms with Crippen LogP contribution >= 0.6 is 11.8 Å². The topological polar surface area (TPSA) is 32.3 Å². The van der Waals surface area contributed by atoms with Gasteiger partial charge in [0, 0.05) is 16.3 Å². The number of hydrogen-bond donors (Lipinski definition) is 2. The van der Waals surface area contributed by atoms with E-state index < -0.39 is 11.7 Å². The van der Waals surface area contributed by atoms with E-state index in [1.165, 1.54) is 17.8 Å². The van der Waals surface area contributed by atoms with Crippen LogP contribution in [-0.4, -0.2) is 23.5 Å². The van der Waals surface area contributed by atoms with E-state index >= 15 is 0 Å². The molecule has 0 radical (unpaired) electrons. The number of hydrogen-bond acceptors (Lipinski definition) is 3. The predicted molar refractivity (Wildman–Crippen MR) is 56.7 cm³/mol. The van der Waals surface area contributed by atoms with Gasteiger partial charge in [0.15, 0.2) is 0 Å². The molecule has 88 valence electrons. The average molecular weight is 249 g/mol. The second-order valence-corrected chi connectivity index (χ2v) is 4.61. The van der Waals surface area contributed by atoms with Crippen LogP contribution in [0.4, 0.5) is 18.9 Å². The third-order valence-corrected chi connectivity index (χ3v) is 3.55. The Labute approximate surface area is 94.8 Å². The van der Waals surface area contributed by atoms with E-state index in [1.54, 1.807) is 0 Å². The van der Waals surface area contributed by atoms with Gasteiger partial charge in [-0.2, -0.15) is 13.2 Å². The molecule has 1 aliphatic rings. The molecule has 0 spiro atoms. The lowest BCUT2D eigenvalue weighted by molar-refractivity contribution is -0.137. The molecular weight excluding hydrogens is 239 g/mol. The van der Waals surface area contributed by atoms with Crippen LogP contribution in [-0.2, 0) is 6.18 Å². The fourth-order valence-electron chi connectivity index (χ4n) is 1.49. The van der Waals surface area contributed by atoms with Crippen molar-refractivity contribution in [2.75, 3.05) is 17.7 Å². The second-order valence-electron chi connectivity index (χ2n) is 3.54. The summed E-state index contributed by atoms with van der Waals surface area (Å²) in [5, 5.41) is 11.9. The monoisotopic (exact) mass is 249 g/mol. The van der Waals surface area contributed by atoms with E-state index in [0.29, 0.717) is 16.3 Å². The van der Waals surface area contributed by atoms with Crippen molar-refractivity contribution in [1.29, 1.82) is 0 Å². The van der Waals surface area contributed by atoms with Gasteiger partial charge in [-0.05, 0) is 18.2 Å². The number of rotatable bonds is 1. The fraction of sp³-hybridized carbons (Fsp3) is 0.400. The van der Waals surface area contributed by atoms with Crippen molar-refractivity contribution in [2.24, 2.45) is 0 Å². The second kappa shape index (κ2) is 4.18. The fourth-order valence-corrected chi connectivity index (χ4v) is 2.55. The molecule has 0 amide bonds. The lowest BCUT2D eigenvalue weighted by atomic mass is 10.2. The molecule has 1 aliphatic heterocycles. The number of nitrogens with one attached hydrogen (secondary N) is 1. The molecule has 0 aliphatic carbocycles. The molecular formula is C10H10F3NOS. The zero-order valence-corrected chi connectivity index (χ0v) is 9.03. The molecule has 1 aromatic carbocycles. The van der Waals surface area contributed by atoms with Gasteiger partial charge >= 0.3 is 6.18 Å². The van der Waals surface area contributed by atoms with Gasteiger partial charge in [-0.15, -0.1) is 11.8 Å². The number of halogens is 3. The van der Waals surface area contributed by atoms with Crippen molar-refractivity contribution in [3.8, 4) is 0 Å². The zero-order chi connectivity index (χ0) is 11.8. The molecule has 1 aromatic rings. The highest BCUT2D eigenvalue weighted by Gasteiger charge is 2.31. The van der Waals surface area contributed by atoms with Gasteiger partial charge in [0.2, 0.25) is 0 Å². The third kappa shape index (κ3) is 2.27. The van der Waals surface area contributed by atoms with Crippen LogP contribution < -0.4 is 5.32 Å². The Bertz CT molecular complexity index is 394. The van der Waals surface area contributed by atoms with Crippen LogP contribution in [0.2, 0.25) is 0 Å². The minimum absolute atomic E-state index is 0.0204. The largest absolute Gasteiger partial charge is 0.416 e. The number of fused-ring (bicyclic) bond motifs is 1. The van der Waals surface area contributed by atoms with Crippen LogP contribution in [0.1, 0.15) is 5.56 Å². The predicted octanol–water partition coefficient (Wildman–Crippen LogP) is 2.58. The molecule has 1 heterocycles. The highest BCUT2D eigenvalue weighted by Crippen LogP contribution is 2.38. The van der Waals surface area contributed by atoms with Gasteiger partial charge in [0.05, 0.1) is 18.2 Å². The van der Waals surface area contributed by atoms with Gasteiger partial charge in [-0.25, -0.2) is 0 Å². The van der Waals surface area contributed by atoms with Gasteiger partial charge in [0.1, 0.15) is 0 Å². The molecule has 2 rings (SSSR count). The van der Waals surface area contributed by atoms with E-state index in [4.69, 9.17) is 5.11 Å². The molecule has 0 fully saturated rings. The molecule has 16 heavy (non-hydrogen) atoms. The maximum atomic E-state index is 12.4. The van der Waals surface area contributed by atoms with Crippen molar-refractivity contribution < 1.29 is 18.3 Å². The van der Waals surface area contributed by atoms with Crippen molar-refractivity contribution in [3.63, 3.8) is 0 Å². The van der Waals surface area contributed by atoms with Gasteiger partial charge in [-0.3, -0.25) is 0 Å². The summed E-state index contributed by atoms with van der Waals surface area (Å²) in [6, 6.07) is 3.51. The SMILES string of the molecule is OCC1CSc2cc(C(F)(F)F)ccc2N1. The Morgan fingerprint density at radius 2 is 2.19 bits per heavy atom. The standard InChI is InChI=1S/C10H10F3NOS/c11-10(12,13)6-1-2-8-9(3-6)16-5-7(4-15)14-8/h1-3,7,14-15H,4-5H2. The molecule has 0 bridgehead atoms. The lowest BCUT2D eigenvalue weighted by Gasteiger charge is -2.25. The first kappa shape index (κ1) is 11.6.